The van der Waals surface area contributed by atoms with Crippen LogP contribution in [0.3, 0.4) is 0 Å². The van der Waals surface area contributed by atoms with E-state index < -0.39 is 0 Å². The van der Waals surface area contributed by atoms with Gasteiger partial charge in [-0.25, -0.2) is 14.1 Å². The molecule has 0 bridgehead atoms. The van der Waals surface area contributed by atoms with Crippen molar-refractivity contribution in [1.82, 2.24) is 25.0 Å². The molecule has 0 unspecified atom stereocenters. The van der Waals surface area contributed by atoms with Crippen molar-refractivity contribution in [3.63, 3.8) is 0 Å². The van der Waals surface area contributed by atoms with E-state index in [1.54, 1.807) is 24.0 Å². The molecule has 1 amide bonds. The summed E-state index contributed by atoms with van der Waals surface area (Å²) in [7, 11) is 0. The number of hydrogen-bond acceptors (Lipinski definition) is 4. The number of hydrogen-bond donors (Lipinski definition) is 1. The SMILES string of the molecule is Cc1cc(-n2cnc(C(=O)N3CCNCC3(C)C)n2)ccc1F. The second-order valence-corrected chi connectivity index (χ2v) is 6.39. The summed E-state index contributed by atoms with van der Waals surface area (Å²) in [5.41, 5.74) is 0.914. The molecule has 1 aliphatic rings. The van der Waals surface area contributed by atoms with E-state index in [0.717, 1.165) is 13.1 Å². The maximum Gasteiger partial charge on any atom is 0.294 e. The van der Waals surface area contributed by atoms with Crippen molar-refractivity contribution in [1.29, 1.82) is 0 Å². The van der Waals surface area contributed by atoms with Gasteiger partial charge in [0.2, 0.25) is 5.82 Å². The molecule has 1 N–H and O–H groups in total. The number of rotatable bonds is 2. The Morgan fingerprint density at radius 3 is 2.87 bits per heavy atom. The van der Waals surface area contributed by atoms with Crippen LogP contribution in [0.15, 0.2) is 24.5 Å². The van der Waals surface area contributed by atoms with Crippen LogP contribution in [0.5, 0.6) is 0 Å². The maximum absolute atomic E-state index is 13.4. The number of amides is 1. The summed E-state index contributed by atoms with van der Waals surface area (Å²) in [6.07, 6.45) is 1.48. The van der Waals surface area contributed by atoms with Crippen molar-refractivity contribution in [2.45, 2.75) is 26.3 Å². The molecule has 2 aromatic rings. The summed E-state index contributed by atoms with van der Waals surface area (Å²) in [6, 6.07) is 4.67. The summed E-state index contributed by atoms with van der Waals surface area (Å²) in [4.78, 5) is 18.6. The number of aryl methyl sites for hydroxylation is 1. The van der Waals surface area contributed by atoms with Crippen LogP contribution in [0.1, 0.15) is 30.0 Å². The van der Waals surface area contributed by atoms with E-state index in [2.05, 4.69) is 15.4 Å². The van der Waals surface area contributed by atoms with Crippen molar-refractivity contribution in [2.75, 3.05) is 19.6 Å². The number of piperazine rings is 1. The van der Waals surface area contributed by atoms with Crippen molar-refractivity contribution < 1.29 is 9.18 Å². The number of carbonyl (C=O) groups excluding carboxylic acids is 1. The molecule has 0 radical (unpaired) electrons. The summed E-state index contributed by atoms with van der Waals surface area (Å²) in [5.74, 6) is -0.302. The van der Waals surface area contributed by atoms with Gasteiger partial charge in [0.05, 0.1) is 11.2 Å². The average molecular weight is 317 g/mol. The first-order valence-electron chi connectivity index (χ1n) is 7.59. The largest absolute Gasteiger partial charge is 0.328 e. The minimum Gasteiger partial charge on any atom is -0.328 e. The summed E-state index contributed by atoms with van der Waals surface area (Å²) < 4.78 is 14.9. The van der Waals surface area contributed by atoms with Gasteiger partial charge in [-0.3, -0.25) is 4.79 Å². The Morgan fingerprint density at radius 2 is 2.17 bits per heavy atom. The van der Waals surface area contributed by atoms with E-state index in [0.29, 0.717) is 17.8 Å². The topological polar surface area (TPSA) is 63.1 Å². The molecule has 1 aliphatic heterocycles. The van der Waals surface area contributed by atoms with Gasteiger partial charge in [0.25, 0.3) is 5.91 Å². The predicted octanol–water partition coefficient (Wildman–Crippen LogP) is 1.54. The monoisotopic (exact) mass is 317 g/mol. The quantitative estimate of drug-likeness (QED) is 0.912. The second-order valence-electron chi connectivity index (χ2n) is 6.39. The van der Waals surface area contributed by atoms with Crippen LogP contribution < -0.4 is 5.32 Å². The van der Waals surface area contributed by atoms with Crippen LogP contribution in [-0.4, -0.2) is 50.7 Å². The molecule has 1 aromatic carbocycles. The predicted molar refractivity (Wildman–Crippen MR) is 84.0 cm³/mol. The molecule has 23 heavy (non-hydrogen) atoms. The molecule has 7 heteroatoms. The van der Waals surface area contributed by atoms with E-state index in [1.165, 1.54) is 17.1 Å². The lowest BCUT2D eigenvalue weighted by molar-refractivity contribution is 0.0465. The lowest BCUT2D eigenvalue weighted by Gasteiger charge is -2.42. The average Bonchev–Trinajstić information content (AvgIpc) is 2.99. The van der Waals surface area contributed by atoms with Gasteiger partial charge in [-0.05, 0) is 44.5 Å². The number of halogens is 1. The van der Waals surface area contributed by atoms with Gasteiger partial charge in [-0.1, -0.05) is 0 Å². The van der Waals surface area contributed by atoms with Crippen molar-refractivity contribution in [3.05, 3.63) is 41.7 Å². The number of nitrogens with one attached hydrogen (secondary N) is 1. The van der Waals surface area contributed by atoms with Gasteiger partial charge in [-0.15, -0.1) is 5.10 Å². The standard InChI is InChI=1S/C16H20FN5O/c1-11-8-12(4-5-13(11)17)22-10-19-14(20-22)15(23)21-7-6-18-9-16(21,2)3/h4-5,8,10,18H,6-7,9H2,1-3H3. The molecule has 2 heterocycles. The lowest BCUT2D eigenvalue weighted by Crippen LogP contribution is -2.60. The zero-order chi connectivity index (χ0) is 16.6. The Labute approximate surface area is 134 Å². The number of nitrogens with zero attached hydrogens (tertiary/aromatic N) is 4. The molecule has 1 fully saturated rings. The Balaban J connectivity index is 1.86. The van der Waals surface area contributed by atoms with E-state index >= 15 is 0 Å². The Hall–Kier alpha value is -2.28. The minimum absolute atomic E-state index is 0.155. The molecule has 0 atom stereocenters. The van der Waals surface area contributed by atoms with Gasteiger partial charge in [-0.2, -0.15) is 0 Å². The molecule has 0 spiro atoms. The highest BCUT2D eigenvalue weighted by molar-refractivity contribution is 5.91. The number of aromatic nitrogens is 3. The van der Waals surface area contributed by atoms with Crippen LogP contribution in [-0.2, 0) is 0 Å². The highest BCUT2D eigenvalue weighted by Gasteiger charge is 2.35. The van der Waals surface area contributed by atoms with Crippen LogP contribution in [0.25, 0.3) is 5.69 Å². The van der Waals surface area contributed by atoms with Gasteiger partial charge in [0, 0.05) is 19.6 Å². The van der Waals surface area contributed by atoms with Gasteiger partial charge >= 0.3 is 0 Å². The number of benzene rings is 1. The molecule has 1 saturated heterocycles. The van der Waals surface area contributed by atoms with E-state index in [9.17, 15) is 9.18 Å². The Bertz CT molecular complexity index is 740. The Morgan fingerprint density at radius 1 is 1.39 bits per heavy atom. The van der Waals surface area contributed by atoms with Crippen LogP contribution in [0, 0.1) is 12.7 Å². The molecule has 3 rings (SSSR count). The van der Waals surface area contributed by atoms with Gasteiger partial charge in [0.1, 0.15) is 12.1 Å². The highest BCUT2D eigenvalue weighted by Crippen LogP contribution is 2.19. The third-order valence-electron chi connectivity index (χ3n) is 4.13. The third kappa shape index (κ3) is 2.96. The van der Waals surface area contributed by atoms with E-state index in [-0.39, 0.29) is 23.1 Å². The normalized spacial score (nSPS) is 17.3. The Kier molecular flexibility index (Phi) is 3.89. The molecule has 0 saturated carbocycles. The molecule has 0 aliphatic carbocycles. The second kappa shape index (κ2) is 5.73. The summed E-state index contributed by atoms with van der Waals surface area (Å²) >= 11 is 0. The first-order chi connectivity index (χ1) is 10.9. The maximum atomic E-state index is 13.4. The third-order valence-corrected chi connectivity index (χ3v) is 4.13. The molecular weight excluding hydrogens is 297 g/mol. The lowest BCUT2D eigenvalue weighted by atomic mass is 10.00. The highest BCUT2D eigenvalue weighted by atomic mass is 19.1. The van der Waals surface area contributed by atoms with Gasteiger partial charge in [0.15, 0.2) is 0 Å². The smallest absolute Gasteiger partial charge is 0.294 e. The number of carbonyl (C=O) groups is 1. The first kappa shape index (κ1) is 15.6. The zero-order valence-electron chi connectivity index (χ0n) is 13.5. The van der Waals surface area contributed by atoms with Gasteiger partial charge < -0.3 is 10.2 Å². The van der Waals surface area contributed by atoms with Crippen LogP contribution >= 0.6 is 0 Å². The fourth-order valence-corrected chi connectivity index (χ4v) is 2.74. The molecular formula is C16H20FN5O. The van der Waals surface area contributed by atoms with E-state index in [1.807, 2.05) is 13.8 Å². The molecule has 122 valence electrons. The summed E-state index contributed by atoms with van der Waals surface area (Å²) in [5, 5.41) is 7.54. The first-order valence-corrected chi connectivity index (χ1v) is 7.59. The van der Waals surface area contributed by atoms with Crippen molar-refractivity contribution in [2.24, 2.45) is 0 Å². The van der Waals surface area contributed by atoms with Crippen LogP contribution in [0.2, 0.25) is 0 Å². The van der Waals surface area contributed by atoms with Crippen molar-refractivity contribution >= 4 is 5.91 Å². The molecule has 1 aromatic heterocycles. The van der Waals surface area contributed by atoms with Crippen LogP contribution in [0.4, 0.5) is 4.39 Å². The van der Waals surface area contributed by atoms with Crippen molar-refractivity contribution in [3.8, 4) is 5.69 Å². The minimum atomic E-state index is -0.284. The zero-order valence-corrected chi connectivity index (χ0v) is 13.5. The summed E-state index contributed by atoms with van der Waals surface area (Å²) in [6.45, 7) is 7.82. The fourth-order valence-electron chi connectivity index (χ4n) is 2.74. The van der Waals surface area contributed by atoms with E-state index in [4.69, 9.17) is 0 Å². The molecule has 6 nitrogen and oxygen atoms in total. The fraction of sp³-hybridized carbons (Fsp3) is 0.438.